The molecule has 1 aliphatic carbocycles. The van der Waals surface area contributed by atoms with Gasteiger partial charge in [-0.05, 0) is 18.8 Å². The average molecular weight is 170 g/mol. The van der Waals surface area contributed by atoms with Gasteiger partial charge in [0.05, 0.1) is 5.92 Å². The maximum absolute atomic E-state index is 10.7. The smallest absolute Gasteiger partial charge is 0.306 e. The van der Waals surface area contributed by atoms with Crippen molar-refractivity contribution in [1.29, 1.82) is 0 Å². The van der Waals surface area contributed by atoms with E-state index in [1.807, 2.05) is 0 Å². The van der Waals surface area contributed by atoms with E-state index in [2.05, 4.69) is 6.92 Å². The van der Waals surface area contributed by atoms with E-state index in [4.69, 9.17) is 5.11 Å². The van der Waals surface area contributed by atoms with E-state index >= 15 is 0 Å². The summed E-state index contributed by atoms with van der Waals surface area (Å²) in [5.74, 6) is 0.0518. The minimum absolute atomic E-state index is 0.0460. The van der Waals surface area contributed by atoms with E-state index in [-0.39, 0.29) is 5.92 Å². The molecule has 1 rings (SSSR count). The van der Waals surface area contributed by atoms with Crippen LogP contribution in [0.25, 0.3) is 0 Å². The van der Waals surface area contributed by atoms with Gasteiger partial charge < -0.3 is 5.11 Å². The standard InChI is InChI=1S/C10H18O2/c1-2-4-8-5-3-6-9(7-8)10(11)12/h8-9H,2-7H2,1H3,(H,11,12)/t8-,9+/m1/s1. The molecule has 2 heteroatoms. The van der Waals surface area contributed by atoms with Gasteiger partial charge in [0.2, 0.25) is 0 Å². The molecule has 0 bridgehead atoms. The van der Waals surface area contributed by atoms with E-state index in [1.165, 1.54) is 19.3 Å². The third-order valence-corrected chi connectivity index (χ3v) is 2.83. The Labute approximate surface area is 74.0 Å². The molecule has 0 saturated heterocycles. The third-order valence-electron chi connectivity index (χ3n) is 2.83. The first-order valence-electron chi connectivity index (χ1n) is 4.96. The maximum Gasteiger partial charge on any atom is 0.306 e. The lowest BCUT2D eigenvalue weighted by Gasteiger charge is -2.26. The van der Waals surface area contributed by atoms with Gasteiger partial charge in [-0.1, -0.05) is 32.6 Å². The van der Waals surface area contributed by atoms with E-state index < -0.39 is 5.97 Å². The fraction of sp³-hybridized carbons (Fsp3) is 0.900. The van der Waals surface area contributed by atoms with Crippen LogP contribution < -0.4 is 0 Å². The zero-order chi connectivity index (χ0) is 8.97. The fourth-order valence-electron chi connectivity index (χ4n) is 2.19. The number of rotatable bonds is 3. The second-order valence-corrected chi connectivity index (χ2v) is 3.86. The lowest BCUT2D eigenvalue weighted by molar-refractivity contribution is -0.143. The van der Waals surface area contributed by atoms with Crippen molar-refractivity contribution >= 4 is 5.97 Å². The maximum atomic E-state index is 10.7. The number of carbonyl (C=O) groups is 1. The topological polar surface area (TPSA) is 37.3 Å². The van der Waals surface area contributed by atoms with Crippen LogP contribution in [-0.2, 0) is 4.79 Å². The molecule has 12 heavy (non-hydrogen) atoms. The molecule has 1 fully saturated rings. The molecule has 0 heterocycles. The zero-order valence-corrected chi connectivity index (χ0v) is 7.75. The molecule has 0 aromatic heterocycles. The van der Waals surface area contributed by atoms with Crippen LogP contribution in [0.4, 0.5) is 0 Å². The molecule has 0 unspecified atom stereocenters. The highest BCUT2D eigenvalue weighted by molar-refractivity contribution is 5.70. The lowest BCUT2D eigenvalue weighted by Crippen LogP contribution is -2.22. The Balaban J connectivity index is 2.35. The number of carboxylic acid groups (broad SMARTS) is 1. The Hall–Kier alpha value is -0.530. The molecule has 0 aliphatic heterocycles. The van der Waals surface area contributed by atoms with Crippen molar-refractivity contribution in [3.8, 4) is 0 Å². The Morgan fingerprint density at radius 1 is 1.50 bits per heavy atom. The van der Waals surface area contributed by atoms with Crippen molar-refractivity contribution in [2.45, 2.75) is 45.4 Å². The van der Waals surface area contributed by atoms with Gasteiger partial charge in [-0.2, -0.15) is 0 Å². The molecule has 2 atom stereocenters. The molecular formula is C10H18O2. The van der Waals surface area contributed by atoms with Gasteiger partial charge in [0.25, 0.3) is 0 Å². The fourth-order valence-corrected chi connectivity index (χ4v) is 2.19. The monoisotopic (exact) mass is 170 g/mol. The molecule has 2 nitrogen and oxygen atoms in total. The van der Waals surface area contributed by atoms with Gasteiger partial charge >= 0.3 is 5.97 Å². The first-order chi connectivity index (χ1) is 5.74. The summed E-state index contributed by atoms with van der Waals surface area (Å²) in [6, 6.07) is 0. The third kappa shape index (κ3) is 2.50. The summed E-state index contributed by atoms with van der Waals surface area (Å²) in [5.41, 5.74) is 0. The molecule has 0 aromatic carbocycles. The zero-order valence-electron chi connectivity index (χ0n) is 7.75. The van der Waals surface area contributed by atoms with Gasteiger partial charge in [-0.25, -0.2) is 0 Å². The van der Waals surface area contributed by atoms with Gasteiger partial charge in [-0.15, -0.1) is 0 Å². The van der Waals surface area contributed by atoms with E-state index in [9.17, 15) is 4.79 Å². The Morgan fingerprint density at radius 2 is 2.25 bits per heavy atom. The van der Waals surface area contributed by atoms with Gasteiger partial charge in [0, 0.05) is 0 Å². The van der Waals surface area contributed by atoms with Gasteiger partial charge in [0.1, 0.15) is 0 Å². The molecule has 1 saturated carbocycles. The molecule has 0 radical (unpaired) electrons. The summed E-state index contributed by atoms with van der Waals surface area (Å²) in [6.45, 7) is 2.17. The number of hydrogen-bond acceptors (Lipinski definition) is 1. The Bertz CT molecular complexity index is 152. The summed E-state index contributed by atoms with van der Waals surface area (Å²) in [6.07, 6.45) is 6.58. The number of carboxylic acids is 1. The second-order valence-electron chi connectivity index (χ2n) is 3.86. The molecular weight excluding hydrogens is 152 g/mol. The van der Waals surface area contributed by atoms with Gasteiger partial charge in [0.15, 0.2) is 0 Å². The molecule has 0 spiro atoms. The molecule has 1 N–H and O–H groups in total. The Kier molecular flexibility index (Phi) is 3.57. The van der Waals surface area contributed by atoms with Crippen LogP contribution in [0, 0.1) is 11.8 Å². The van der Waals surface area contributed by atoms with Crippen LogP contribution in [0.1, 0.15) is 45.4 Å². The largest absolute Gasteiger partial charge is 0.481 e. The lowest BCUT2D eigenvalue weighted by atomic mass is 9.79. The average Bonchev–Trinajstić information content (AvgIpc) is 2.05. The van der Waals surface area contributed by atoms with Crippen LogP contribution >= 0.6 is 0 Å². The summed E-state index contributed by atoms with van der Waals surface area (Å²) < 4.78 is 0. The number of aliphatic carboxylic acids is 1. The predicted octanol–water partition coefficient (Wildman–Crippen LogP) is 2.68. The highest BCUT2D eigenvalue weighted by atomic mass is 16.4. The van der Waals surface area contributed by atoms with Crippen molar-refractivity contribution in [2.75, 3.05) is 0 Å². The number of hydrogen-bond donors (Lipinski definition) is 1. The van der Waals surface area contributed by atoms with E-state index in [1.54, 1.807) is 0 Å². The van der Waals surface area contributed by atoms with Crippen LogP contribution in [-0.4, -0.2) is 11.1 Å². The second kappa shape index (κ2) is 4.48. The first-order valence-corrected chi connectivity index (χ1v) is 4.96. The van der Waals surface area contributed by atoms with E-state index in [0.29, 0.717) is 5.92 Å². The SMILES string of the molecule is CCC[C@@H]1CCC[C@H](C(=O)O)C1. The minimum Gasteiger partial charge on any atom is -0.481 e. The van der Waals surface area contributed by atoms with Crippen molar-refractivity contribution in [3.63, 3.8) is 0 Å². The van der Waals surface area contributed by atoms with Crippen molar-refractivity contribution < 1.29 is 9.90 Å². The molecule has 1 aliphatic rings. The summed E-state index contributed by atoms with van der Waals surface area (Å²) in [4.78, 5) is 10.7. The highest BCUT2D eigenvalue weighted by Crippen LogP contribution is 2.31. The van der Waals surface area contributed by atoms with Crippen molar-refractivity contribution in [2.24, 2.45) is 11.8 Å². The Morgan fingerprint density at radius 3 is 2.83 bits per heavy atom. The normalized spacial score (nSPS) is 30.1. The molecule has 0 amide bonds. The summed E-state index contributed by atoms with van der Waals surface area (Å²) in [5, 5.41) is 8.82. The summed E-state index contributed by atoms with van der Waals surface area (Å²) in [7, 11) is 0. The van der Waals surface area contributed by atoms with Crippen LogP contribution in [0.2, 0.25) is 0 Å². The minimum atomic E-state index is -0.587. The predicted molar refractivity (Wildman–Crippen MR) is 48.0 cm³/mol. The highest BCUT2D eigenvalue weighted by Gasteiger charge is 2.25. The molecule has 0 aromatic rings. The molecule has 70 valence electrons. The van der Waals surface area contributed by atoms with Crippen LogP contribution in [0.5, 0.6) is 0 Å². The van der Waals surface area contributed by atoms with E-state index in [0.717, 1.165) is 19.3 Å². The summed E-state index contributed by atoms with van der Waals surface area (Å²) >= 11 is 0. The quantitative estimate of drug-likeness (QED) is 0.707. The van der Waals surface area contributed by atoms with Gasteiger partial charge in [-0.3, -0.25) is 4.79 Å². The first kappa shape index (κ1) is 9.56. The van der Waals surface area contributed by atoms with Crippen LogP contribution in [0.15, 0.2) is 0 Å². The van der Waals surface area contributed by atoms with Crippen LogP contribution in [0.3, 0.4) is 0 Å². The van der Waals surface area contributed by atoms with Crippen molar-refractivity contribution in [3.05, 3.63) is 0 Å². The van der Waals surface area contributed by atoms with Crippen molar-refractivity contribution in [1.82, 2.24) is 0 Å².